The summed E-state index contributed by atoms with van der Waals surface area (Å²) in [4.78, 5) is 76.7. The zero-order chi connectivity index (χ0) is 88.4. The predicted octanol–water partition coefficient (Wildman–Crippen LogP) is 12.5. The molecular formula is C85H141BrN10O22S3. The molecule has 121 heavy (non-hydrogen) atoms. The number of carbonyl (C=O) groups is 5. The lowest BCUT2D eigenvalue weighted by Crippen LogP contribution is -2.48. The van der Waals surface area contributed by atoms with Crippen LogP contribution in [0.2, 0.25) is 0 Å². The van der Waals surface area contributed by atoms with Gasteiger partial charge in [-0.25, -0.2) is 41.6 Å². The van der Waals surface area contributed by atoms with Gasteiger partial charge in [-0.1, -0.05) is 15.9 Å². The highest BCUT2D eigenvalue weighted by Crippen LogP contribution is 2.30. The van der Waals surface area contributed by atoms with Crippen LogP contribution >= 0.6 is 28.2 Å². The zero-order valence-electron chi connectivity index (χ0n) is 73.8. The van der Waals surface area contributed by atoms with Crippen LogP contribution in [0.3, 0.4) is 0 Å². The SMILES string of the molecule is CC(C)OC(=O)N1CCC(CO)CC1.CC(C)OC(=O)N1CCC(COS(C)(=O)=O)CC1.CC(C)OC(=O)N1CCC(COc2ccc(Br)cc2)CC1.CC(C)OC(=O)N1CCC(COc2ccc(N3CCN(S(C)(=O)=O)CC3)cc2)CC1.COOSN1CCN(c2ccc(OCC3CCN(C(=O)OC(C)C)CC3)cc2)CC1.OCC1CCNCC1. The van der Waals surface area contributed by atoms with Gasteiger partial charge in [-0.3, -0.25) is 4.18 Å². The van der Waals surface area contributed by atoms with Gasteiger partial charge >= 0.3 is 30.5 Å². The van der Waals surface area contributed by atoms with Gasteiger partial charge in [0.15, 0.2) is 0 Å². The van der Waals surface area contributed by atoms with Crippen molar-refractivity contribution in [3.8, 4) is 17.2 Å². The summed E-state index contributed by atoms with van der Waals surface area (Å²) in [5.74, 6) is 5.12. The number of carbonyl (C=O) groups excluding carboxylic acids is 5. The Morgan fingerprint density at radius 2 is 0.669 bits per heavy atom. The van der Waals surface area contributed by atoms with Crippen LogP contribution in [-0.2, 0) is 57.2 Å². The molecule has 0 saturated carbocycles. The Hall–Kier alpha value is -6.58. The number of aliphatic hydroxyl groups excluding tert-OH is 2. The minimum atomic E-state index is -3.37. The van der Waals surface area contributed by atoms with Gasteiger partial charge in [0.05, 0.1) is 76.6 Å². The molecule has 3 N–H and O–H groups in total. The summed E-state index contributed by atoms with van der Waals surface area (Å²) in [6.45, 7) is 36.6. The predicted molar refractivity (Wildman–Crippen MR) is 472 cm³/mol. The number of piperazine rings is 2. The lowest BCUT2D eigenvalue weighted by molar-refractivity contribution is -0.163. The minimum absolute atomic E-state index is 0.0573. The van der Waals surface area contributed by atoms with Gasteiger partial charge in [-0.15, -0.1) is 4.33 Å². The molecule has 0 atom stereocenters. The first-order valence-corrected chi connectivity index (χ1v) is 48.3. The topological polar surface area (TPSA) is 337 Å². The molecule has 8 heterocycles. The van der Waals surface area contributed by atoms with E-state index in [0.29, 0.717) is 121 Å². The second-order valence-electron chi connectivity index (χ2n) is 33.1. The lowest BCUT2D eigenvalue weighted by atomic mass is 9.98. The van der Waals surface area contributed by atoms with E-state index < -0.39 is 20.1 Å². The van der Waals surface area contributed by atoms with Crippen molar-refractivity contribution >= 4 is 90.1 Å². The number of halogens is 1. The first kappa shape index (κ1) is 103. The van der Waals surface area contributed by atoms with Crippen LogP contribution < -0.4 is 29.3 Å². The fourth-order valence-electron chi connectivity index (χ4n) is 14.1. The Morgan fingerprint density at radius 1 is 0.397 bits per heavy atom. The number of aliphatic hydroxyl groups is 2. The Morgan fingerprint density at radius 3 is 0.934 bits per heavy atom. The number of hydrogen-bond donors (Lipinski definition) is 3. The molecule has 32 nitrogen and oxygen atoms in total. The number of likely N-dealkylation sites (tertiary alicyclic amines) is 5. The molecule has 0 unspecified atom stereocenters. The summed E-state index contributed by atoms with van der Waals surface area (Å²) in [6.07, 6.45) is 11.9. The number of ether oxygens (including phenoxy) is 8. The van der Waals surface area contributed by atoms with Crippen LogP contribution in [0.4, 0.5) is 35.3 Å². The fourth-order valence-corrected chi connectivity index (χ4v) is 16.1. The van der Waals surface area contributed by atoms with Gasteiger partial charge in [0.2, 0.25) is 10.0 Å². The Kier molecular flexibility index (Phi) is 46.9. The van der Waals surface area contributed by atoms with E-state index in [1.54, 1.807) is 24.5 Å². The summed E-state index contributed by atoms with van der Waals surface area (Å²) in [6, 6.07) is 24.2. The van der Waals surface area contributed by atoms with Gasteiger partial charge in [0.1, 0.15) is 29.5 Å². The van der Waals surface area contributed by atoms with Crippen molar-refractivity contribution in [2.24, 2.45) is 35.5 Å². The average Bonchev–Trinajstić information content (AvgIpc) is 0.833. The maximum Gasteiger partial charge on any atom is 0.410 e. The second-order valence-corrected chi connectivity index (χ2v) is 38.5. The van der Waals surface area contributed by atoms with Gasteiger partial charge < -0.3 is 87.7 Å². The first-order chi connectivity index (χ1) is 57.6. The van der Waals surface area contributed by atoms with Crippen LogP contribution in [0.1, 0.15) is 146 Å². The first-order valence-electron chi connectivity index (χ1n) is 43.1. The third kappa shape index (κ3) is 41.4. The van der Waals surface area contributed by atoms with Crippen molar-refractivity contribution in [3.63, 3.8) is 0 Å². The highest BCUT2D eigenvalue weighted by atomic mass is 79.9. The molecule has 3 aromatic carbocycles. The van der Waals surface area contributed by atoms with Crippen molar-refractivity contribution in [1.29, 1.82) is 0 Å². The van der Waals surface area contributed by atoms with Crippen LogP contribution in [0, 0.1) is 35.5 Å². The summed E-state index contributed by atoms with van der Waals surface area (Å²) < 4.78 is 103. The number of benzene rings is 3. The summed E-state index contributed by atoms with van der Waals surface area (Å²) in [5, 5.41) is 20.8. The van der Waals surface area contributed by atoms with Crippen molar-refractivity contribution < 1.29 is 102 Å². The molecule has 0 aromatic heterocycles. The van der Waals surface area contributed by atoms with E-state index in [0.717, 1.165) is 176 Å². The van der Waals surface area contributed by atoms with Crippen molar-refractivity contribution in [2.45, 2.75) is 177 Å². The molecule has 8 aliphatic heterocycles. The molecule has 3 aromatic rings. The van der Waals surface area contributed by atoms with Gasteiger partial charge in [0.25, 0.3) is 10.1 Å². The molecule has 0 aliphatic carbocycles. The molecular weight excluding hydrogens is 1690 g/mol. The largest absolute Gasteiger partial charge is 0.493 e. The molecule has 8 saturated heterocycles. The molecule has 688 valence electrons. The zero-order valence-corrected chi connectivity index (χ0v) is 77.9. The number of rotatable bonds is 25. The monoisotopic (exact) mass is 1830 g/mol. The van der Waals surface area contributed by atoms with Gasteiger partial charge in [-0.05, 0) is 268 Å². The van der Waals surface area contributed by atoms with E-state index in [9.17, 15) is 40.8 Å². The van der Waals surface area contributed by atoms with E-state index in [4.69, 9.17) is 56.6 Å². The minimum Gasteiger partial charge on any atom is -0.493 e. The normalized spacial score (nSPS) is 18.6. The third-order valence-electron chi connectivity index (χ3n) is 21.4. The van der Waals surface area contributed by atoms with Crippen LogP contribution in [-0.4, -0.2) is 311 Å². The Labute approximate surface area is 733 Å². The molecule has 8 aliphatic rings. The summed E-state index contributed by atoms with van der Waals surface area (Å²) in [5.41, 5.74) is 2.28. The molecule has 0 bridgehead atoms. The number of hydrogen-bond acceptors (Lipinski definition) is 27. The number of sulfonamides is 1. The number of nitrogens with one attached hydrogen (secondary N) is 1. The fraction of sp³-hybridized carbons (Fsp3) is 0.729. The third-order valence-corrected chi connectivity index (χ3v) is 24.5. The number of anilines is 2. The second kappa shape index (κ2) is 55.0. The molecule has 8 fully saturated rings. The van der Waals surface area contributed by atoms with Crippen molar-refractivity contribution in [2.75, 3.05) is 200 Å². The summed E-state index contributed by atoms with van der Waals surface area (Å²) in [7, 11) is -4.97. The Bertz CT molecular complexity index is 3640. The van der Waals surface area contributed by atoms with E-state index in [2.05, 4.69) is 52.4 Å². The highest BCUT2D eigenvalue weighted by molar-refractivity contribution is 9.10. The van der Waals surface area contributed by atoms with Crippen molar-refractivity contribution in [3.05, 3.63) is 77.3 Å². The van der Waals surface area contributed by atoms with Crippen LogP contribution in [0.5, 0.6) is 17.2 Å². The smallest absolute Gasteiger partial charge is 0.410 e. The maximum absolute atomic E-state index is 12.0. The van der Waals surface area contributed by atoms with Gasteiger partial charge in [0, 0.05) is 147 Å². The molecule has 36 heteroatoms. The number of piperidine rings is 6. The Balaban J connectivity index is 0.000000234. The van der Waals surface area contributed by atoms with Crippen LogP contribution in [0.25, 0.3) is 0 Å². The van der Waals surface area contributed by atoms with E-state index in [-0.39, 0.29) is 80.1 Å². The van der Waals surface area contributed by atoms with E-state index in [1.165, 1.54) is 35.6 Å². The van der Waals surface area contributed by atoms with Crippen LogP contribution in [0.15, 0.2) is 77.3 Å². The number of amides is 5. The van der Waals surface area contributed by atoms with Crippen molar-refractivity contribution in [1.82, 2.24) is 38.4 Å². The summed E-state index contributed by atoms with van der Waals surface area (Å²) >= 11 is 4.66. The molecule has 0 radical (unpaired) electrons. The molecule has 0 spiro atoms. The standard InChI is InChI=1S/2C21H33N3O5S.C16H22BrNO3.C11H21NO5S.C10H19NO3.C6H13NO/c1-17(2)29-21(25)23-10-8-18(9-11-23)16-28-20-6-4-19(5-7-20)22-12-14-24(15-13-22)30(3,26)27;1-17(2)28-21(25)23-10-8-18(9-11-23)16-27-20-6-4-19(5-7-20)22-12-14-24(15-13-22)30-29-26-3;1-12(2)21-16(19)18-9-7-13(8-10-18)11-20-15-5-3-14(17)4-6-15;1-9(2)17-11(13)12-6-4-10(5-7-12)8-16-18(3,14)15;1-8(2)14-10(13)11-5-3-9(7-12)4-6-11;8-5-6-1-3-7-4-2-6/h2*4-7,17-18H,8-16H2,1-3H3;3-6,12-13H,7-11H2,1-2H3;9-10H,4-8H2,1-3H3;8-9,12H,3-7H2,1-2H3;6-8H,1-5H2. The molecule has 5 amide bonds. The van der Waals surface area contributed by atoms with Gasteiger partial charge in [-0.2, -0.15) is 12.7 Å². The molecule has 11 rings (SSSR count). The van der Waals surface area contributed by atoms with E-state index >= 15 is 0 Å². The highest BCUT2D eigenvalue weighted by Gasteiger charge is 2.32. The number of nitrogens with zero attached hydrogens (tertiary/aromatic N) is 9. The maximum atomic E-state index is 12.0. The quantitative estimate of drug-likeness (QED) is 0.0177. The lowest BCUT2D eigenvalue weighted by Gasteiger charge is -2.34. The van der Waals surface area contributed by atoms with E-state index in [1.807, 2.05) is 130 Å². The average molecular weight is 1830 g/mol.